The molecule has 0 aliphatic carbocycles. The van der Waals surface area contributed by atoms with Gasteiger partial charge in [0.15, 0.2) is 0 Å². The Kier molecular flexibility index (Phi) is 5.44. The summed E-state index contributed by atoms with van der Waals surface area (Å²) in [5, 5.41) is 4.06. The molecule has 2 aromatic rings. The normalized spacial score (nSPS) is 12.4. The van der Waals surface area contributed by atoms with E-state index in [9.17, 15) is 0 Å². The summed E-state index contributed by atoms with van der Waals surface area (Å²) in [6.07, 6.45) is 1.01. The molecule has 19 heavy (non-hydrogen) atoms. The van der Waals surface area contributed by atoms with E-state index in [0.29, 0.717) is 5.92 Å². The maximum Gasteiger partial charge on any atom is 0.0406 e. The molecule has 0 aromatic heterocycles. The molecular weight excluding hydrogens is 322 g/mol. The van der Waals surface area contributed by atoms with Gasteiger partial charge in [0, 0.05) is 22.0 Å². The summed E-state index contributed by atoms with van der Waals surface area (Å²) in [5.74, 6) is 0.472. The molecule has 1 unspecified atom stereocenters. The van der Waals surface area contributed by atoms with E-state index in [1.807, 2.05) is 19.2 Å². The number of halogens is 2. The van der Waals surface area contributed by atoms with Crippen molar-refractivity contribution < 1.29 is 0 Å². The smallest absolute Gasteiger partial charge is 0.0406 e. The van der Waals surface area contributed by atoms with Gasteiger partial charge in [0.25, 0.3) is 0 Å². The molecule has 2 rings (SSSR count). The number of hydrogen-bond acceptors (Lipinski definition) is 1. The Bertz CT molecular complexity index is 507. The molecule has 1 nitrogen and oxygen atoms in total. The highest BCUT2D eigenvalue weighted by molar-refractivity contribution is 9.10. The number of likely N-dealkylation sites (N-methyl/N-ethyl adjacent to an activating group) is 1. The highest BCUT2D eigenvalue weighted by Gasteiger charge is 2.11. The topological polar surface area (TPSA) is 12.0 Å². The Morgan fingerprint density at radius 1 is 1.05 bits per heavy atom. The van der Waals surface area contributed by atoms with Gasteiger partial charge in [0.05, 0.1) is 0 Å². The van der Waals surface area contributed by atoms with Crippen molar-refractivity contribution in [1.29, 1.82) is 0 Å². The highest BCUT2D eigenvalue weighted by atomic mass is 79.9. The molecule has 0 spiro atoms. The first-order valence-corrected chi connectivity index (χ1v) is 7.50. The second-order valence-corrected chi connectivity index (χ2v) is 5.99. The van der Waals surface area contributed by atoms with Crippen LogP contribution in [0, 0.1) is 0 Å². The van der Waals surface area contributed by atoms with Gasteiger partial charge in [-0.05, 0) is 48.9 Å². The first-order valence-electron chi connectivity index (χ1n) is 6.33. The van der Waals surface area contributed by atoms with E-state index in [0.717, 1.165) is 22.5 Å². The summed E-state index contributed by atoms with van der Waals surface area (Å²) in [7, 11) is 1.99. The van der Waals surface area contributed by atoms with Crippen molar-refractivity contribution in [3.8, 4) is 0 Å². The van der Waals surface area contributed by atoms with Crippen LogP contribution in [0.4, 0.5) is 0 Å². The van der Waals surface area contributed by atoms with Crippen LogP contribution in [0.5, 0.6) is 0 Å². The fourth-order valence-electron chi connectivity index (χ4n) is 2.19. The zero-order valence-corrected chi connectivity index (χ0v) is 13.2. The van der Waals surface area contributed by atoms with Crippen molar-refractivity contribution in [2.24, 2.45) is 0 Å². The number of benzene rings is 2. The Labute approximate surface area is 128 Å². The van der Waals surface area contributed by atoms with Crippen molar-refractivity contribution in [1.82, 2.24) is 5.32 Å². The molecule has 0 aliphatic heterocycles. The second-order valence-electron chi connectivity index (χ2n) is 4.64. The van der Waals surface area contributed by atoms with Crippen LogP contribution in [-0.4, -0.2) is 13.6 Å². The Hall–Kier alpha value is -0.830. The fourth-order valence-corrected chi connectivity index (χ4v) is 2.58. The maximum atomic E-state index is 5.93. The monoisotopic (exact) mass is 337 g/mol. The predicted molar refractivity (Wildman–Crippen MR) is 86.0 cm³/mol. The van der Waals surface area contributed by atoms with Crippen LogP contribution in [0.3, 0.4) is 0 Å². The van der Waals surface area contributed by atoms with Gasteiger partial charge in [-0.2, -0.15) is 0 Å². The SMILES string of the molecule is CNCC(Cc1ccc(Cl)cc1)c1ccc(Br)cc1. The molecule has 100 valence electrons. The molecule has 0 saturated carbocycles. The van der Waals surface area contributed by atoms with Gasteiger partial charge >= 0.3 is 0 Å². The van der Waals surface area contributed by atoms with Crippen molar-refractivity contribution >= 4 is 27.5 Å². The first kappa shape index (κ1) is 14.6. The third-order valence-corrected chi connectivity index (χ3v) is 3.97. The minimum absolute atomic E-state index is 0.472. The standard InChI is InChI=1S/C16H17BrClN/c1-19-11-14(13-4-6-15(17)7-5-13)10-12-2-8-16(18)9-3-12/h2-9,14,19H,10-11H2,1H3. The van der Waals surface area contributed by atoms with Crippen LogP contribution in [0.1, 0.15) is 17.0 Å². The van der Waals surface area contributed by atoms with Crippen LogP contribution in [0.2, 0.25) is 5.02 Å². The van der Waals surface area contributed by atoms with E-state index in [2.05, 4.69) is 57.6 Å². The van der Waals surface area contributed by atoms with E-state index in [1.165, 1.54) is 11.1 Å². The number of nitrogens with one attached hydrogen (secondary N) is 1. The zero-order chi connectivity index (χ0) is 13.7. The number of hydrogen-bond donors (Lipinski definition) is 1. The average Bonchev–Trinajstić information content (AvgIpc) is 2.42. The van der Waals surface area contributed by atoms with E-state index < -0.39 is 0 Å². The summed E-state index contributed by atoms with van der Waals surface area (Å²) in [6.45, 7) is 0.963. The summed E-state index contributed by atoms with van der Waals surface area (Å²) < 4.78 is 1.12. The molecule has 0 radical (unpaired) electrons. The molecule has 0 amide bonds. The van der Waals surface area contributed by atoms with Gasteiger partial charge in [-0.1, -0.05) is 51.8 Å². The Balaban J connectivity index is 2.15. The van der Waals surface area contributed by atoms with E-state index in [4.69, 9.17) is 11.6 Å². The lowest BCUT2D eigenvalue weighted by molar-refractivity contribution is 0.626. The molecule has 3 heteroatoms. The van der Waals surface area contributed by atoms with E-state index >= 15 is 0 Å². The zero-order valence-electron chi connectivity index (χ0n) is 10.9. The van der Waals surface area contributed by atoms with Crippen molar-refractivity contribution in [2.75, 3.05) is 13.6 Å². The van der Waals surface area contributed by atoms with Crippen molar-refractivity contribution in [3.05, 3.63) is 69.2 Å². The van der Waals surface area contributed by atoms with Gasteiger partial charge in [-0.25, -0.2) is 0 Å². The molecule has 0 saturated heterocycles. The molecule has 0 fully saturated rings. The maximum absolute atomic E-state index is 5.93. The molecule has 2 aromatic carbocycles. The van der Waals surface area contributed by atoms with Crippen LogP contribution in [0.25, 0.3) is 0 Å². The van der Waals surface area contributed by atoms with Crippen molar-refractivity contribution in [3.63, 3.8) is 0 Å². The highest BCUT2D eigenvalue weighted by Crippen LogP contribution is 2.23. The lowest BCUT2D eigenvalue weighted by Gasteiger charge is -2.17. The fraction of sp³-hybridized carbons (Fsp3) is 0.250. The van der Waals surface area contributed by atoms with Crippen LogP contribution >= 0.6 is 27.5 Å². The summed E-state index contributed by atoms with van der Waals surface area (Å²) in [5.41, 5.74) is 2.67. The number of rotatable bonds is 5. The molecule has 1 N–H and O–H groups in total. The lowest BCUT2D eigenvalue weighted by atomic mass is 9.92. The third kappa shape index (κ3) is 4.34. The van der Waals surface area contributed by atoms with Crippen molar-refractivity contribution in [2.45, 2.75) is 12.3 Å². The van der Waals surface area contributed by atoms with E-state index in [1.54, 1.807) is 0 Å². The first-order chi connectivity index (χ1) is 9.19. The average molecular weight is 339 g/mol. The van der Waals surface area contributed by atoms with Crippen LogP contribution < -0.4 is 5.32 Å². The van der Waals surface area contributed by atoms with Crippen LogP contribution in [0.15, 0.2) is 53.0 Å². The molecule has 0 heterocycles. The Morgan fingerprint density at radius 3 is 2.26 bits per heavy atom. The Morgan fingerprint density at radius 2 is 1.68 bits per heavy atom. The molecular formula is C16H17BrClN. The molecule has 0 aliphatic rings. The summed E-state index contributed by atoms with van der Waals surface area (Å²) in [4.78, 5) is 0. The quantitative estimate of drug-likeness (QED) is 0.837. The lowest BCUT2D eigenvalue weighted by Crippen LogP contribution is -2.19. The van der Waals surface area contributed by atoms with Crippen LogP contribution in [-0.2, 0) is 6.42 Å². The van der Waals surface area contributed by atoms with Gasteiger partial charge in [-0.3, -0.25) is 0 Å². The minimum Gasteiger partial charge on any atom is -0.319 e. The van der Waals surface area contributed by atoms with Gasteiger partial charge < -0.3 is 5.32 Å². The molecule has 0 bridgehead atoms. The largest absolute Gasteiger partial charge is 0.319 e. The van der Waals surface area contributed by atoms with E-state index in [-0.39, 0.29) is 0 Å². The third-order valence-electron chi connectivity index (χ3n) is 3.19. The molecule has 1 atom stereocenters. The van der Waals surface area contributed by atoms with Gasteiger partial charge in [0.2, 0.25) is 0 Å². The summed E-state index contributed by atoms with van der Waals surface area (Å²) >= 11 is 9.40. The second kappa shape index (κ2) is 7.09. The minimum atomic E-state index is 0.472. The summed E-state index contributed by atoms with van der Waals surface area (Å²) in [6, 6.07) is 16.7. The predicted octanol–water partition coefficient (Wildman–Crippen LogP) is 4.65. The van der Waals surface area contributed by atoms with Gasteiger partial charge in [0.1, 0.15) is 0 Å². The van der Waals surface area contributed by atoms with Gasteiger partial charge in [-0.15, -0.1) is 0 Å².